The van der Waals surface area contributed by atoms with Gasteiger partial charge in [-0.1, -0.05) is 36.9 Å². The van der Waals surface area contributed by atoms with Crippen LogP contribution in [-0.2, 0) is 4.74 Å². The third-order valence-electron chi connectivity index (χ3n) is 5.50. The number of methoxy groups -OCH3 is 1. The average Bonchev–Trinajstić information content (AvgIpc) is 2.77. The van der Waals surface area contributed by atoms with Crippen molar-refractivity contribution in [3.8, 4) is 11.5 Å². The van der Waals surface area contributed by atoms with Gasteiger partial charge < -0.3 is 14.4 Å². The van der Waals surface area contributed by atoms with E-state index in [1.54, 1.807) is 6.07 Å². The number of ether oxygens (including phenoxy) is 2. The monoisotopic (exact) mass is 399 g/mol. The van der Waals surface area contributed by atoms with Crippen molar-refractivity contribution < 1.29 is 14.3 Å². The normalized spacial score (nSPS) is 11.9. The number of nitrogens with zero attached hydrogens (tertiary/aromatic N) is 1. The lowest BCUT2D eigenvalue weighted by Crippen LogP contribution is -2.23. The summed E-state index contributed by atoms with van der Waals surface area (Å²) in [6, 6.07) is 19.7. The second-order valence-electron chi connectivity index (χ2n) is 7.20. The zero-order valence-corrected chi connectivity index (χ0v) is 17.6. The SMILES string of the molecule is C=c1ccc2c(c1)Oc1cc(N(CC)CC)ccc1C=2c1ccccc1C(=O)OC. The molecule has 0 N–H and O–H groups in total. The number of fused-ring (bicyclic) bond motifs is 2. The maximum atomic E-state index is 12.5. The van der Waals surface area contributed by atoms with Crippen LogP contribution in [0.3, 0.4) is 0 Å². The Morgan fingerprint density at radius 3 is 2.47 bits per heavy atom. The van der Waals surface area contributed by atoms with E-state index in [-0.39, 0.29) is 5.97 Å². The molecule has 0 bridgehead atoms. The summed E-state index contributed by atoms with van der Waals surface area (Å²) in [5, 5.41) is 1.81. The summed E-state index contributed by atoms with van der Waals surface area (Å²) in [6.07, 6.45) is 0. The van der Waals surface area contributed by atoms with Crippen LogP contribution in [-0.4, -0.2) is 26.2 Å². The molecule has 0 saturated heterocycles. The highest BCUT2D eigenvalue weighted by molar-refractivity contribution is 5.99. The molecule has 0 atom stereocenters. The van der Waals surface area contributed by atoms with E-state index in [1.807, 2.05) is 36.4 Å². The average molecular weight is 399 g/mol. The molecule has 0 saturated carbocycles. The number of hydrogen-bond acceptors (Lipinski definition) is 4. The first kappa shape index (κ1) is 19.8. The molecule has 4 nitrogen and oxygen atoms in total. The van der Waals surface area contributed by atoms with Crippen LogP contribution in [0.15, 0.2) is 60.7 Å². The highest BCUT2D eigenvalue weighted by Gasteiger charge is 2.24. The fraction of sp³-hybridized carbons (Fsp3) is 0.192. The summed E-state index contributed by atoms with van der Waals surface area (Å²) in [6.45, 7) is 10.1. The Labute approximate surface area is 176 Å². The molecule has 3 aromatic rings. The van der Waals surface area contributed by atoms with E-state index < -0.39 is 0 Å². The van der Waals surface area contributed by atoms with Gasteiger partial charge >= 0.3 is 5.97 Å². The molecule has 1 aliphatic heterocycles. The molecule has 4 heteroatoms. The van der Waals surface area contributed by atoms with E-state index in [2.05, 4.69) is 43.5 Å². The van der Waals surface area contributed by atoms with E-state index in [9.17, 15) is 4.79 Å². The molecular weight excluding hydrogens is 374 g/mol. The molecule has 0 aliphatic carbocycles. The number of carbonyl (C=O) groups excluding carboxylic acids is 1. The minimum atomic E-state index is -0.360. The molecule has 1 heterocycles. The van der Waals surface area contributed by atoms with E-state index in [1.165, 1.54) is 7.11 Å². The molecule has 0 spiro atoms. The predicted octanol–water partition coefficient (Wildman–Crippen LogP) is 4.08. The highest BCUT2D eigenvalue weighted by Crippen LogP contribution is 2.39. The summed E-state index contributed by atoms with van der Waals surface area (Å²) < 4.78 is 11.4. The molecule has 0 aromatic heterocycles. The van der Waals surface area contributed by atoms with Crippen LogP contribution in [0.4, 0.5) is 5.69 Å². The van der Waals surface area contributed by atoms with Crippen molar-refractivity contribution in [1.29, 1.82) is 0 Å². The third-order valence-corrected chi connectivity index (χ3v) is 5.50. The Hall–Kier alpha value is -3.53. The van der Waals surface area contributed by atoms with E-state index >= 15 is 0 Å². The third kappa shape index (κ3) is 3.35. The lowest BCUT2D eigenvalue weighted by Gasteiger charge is -2.26. The standard InChI is InChI=1S/C26H25NO3/c1-5-27(6-2)18-12-14-22-24(16-18)30-23-15-17(3)11-13-21(23)25(22)19-9-7-8-10-20(19)26(28)29-4/h7-16H,3,5-6H2,1-2,4H3. The number of hydrogen-bond donors (Lipinski definition) is 0. The lowest BCUT2D eigenvalue weighted by molar-refractivity contribution is 0.0600. The Morgan fingerprint density at radius 1 is 0.967 bits per heavy atom. The first-order valence-corrected chi connectivity index (χ1v) is 10.2. The van der Waals surface area contributed by atoms with Crippen molar-refractivity contribution in [2.24, 2.45) is 0 Å². The first-order valence-electron chi connectivity index (χ1n) is 10.2. The van der Waals surface area contributed by atoms with Crippen molar-refractivity contribution in [3.63, 3.8) is 0 Å². The Morgan fingerprint density at radius 2 is 1.73 bits per heavy atom. The zero-order valence-electron chi connectivity index (χ0n) is 17.6. The molecular formula is C26H25NO3. The Bertz CT molecular complexity index is 1230. The van der Waals surface area contributed by atoms with Gasteiger partial charge in [0.2, 0.25) is 0 Å². The molecule has 3 aromatic carbocycles. The topological polar surface area (TPSA) is 38.8 Å². The number of benzene rings is 3. The number of rotatable bonds is 5. The quantitative estimate of drug-likeness (QED) is 0.474. The van der Waals surface area contributed by atoms with Gasteiger partial charge in [-0.05, 0) is 48.9 Å². The summed E-state index contributed by atoms with van der Waals surface area (Å²) in [4.78, 5) is 14.8. The van der Waals surface area contributed by atoms with Gasteiger partial charge in [-0.2, -0.15) is 0 Å². The van der Waals surface area contributed by atoms with Crippen molar-refractivity contribution >= 4 is 23.8 Å². The smallest absolute Gasteiger partial charge is 0.338 e. The second kappa shape index (κ2) is 8.07. The van der Waals surface area contributed by atoms with Gasteiger partial charge in [-0.15, -0.1) is 0 Å². The largest absolute Gasteiger partial charge is 0.465 e. The van der Waals surface area contributed by atoms with E-state index in [0.29, 0.717) is 5.56 Å². The molecule has 0 radical (unpaired) electrons. The van der Waals surface area contributed by atoms with Gasteiger partial charge in [0.05, 0.1) is 12.7 Å². The summed E-state index contributed by atoms with van der Waals surface area (Å²) >= 11 is 0. The minimum Gasteiger partial charge on any atom is -0.465 e. The van der Waals surface area contributed by atoms with Crippen molar-refractivity contribution in [3.05, 3.63) is 87.8 Å². The Kier molecular flexibility index (Phi) is 5.32. The van der Waals surface area contributed by atoms with Gasteiger partial charge in [0, 0.05) is 41.2 Å². The van der Waals surface area contributed by atoms with Crippen LogP contribution in [0.5, 0.6) is 11.5 Å². The number of esters is 1. The minimum absolute atomic E-state index is 0.360. The highest BCUT2D eigenvalue weighted by atomic mass is 16.5. The summed E-state index contributed by atoms with van der Waals surface area (Å²) in [5.74, 6) is 1.15. The Balaban J connectivity index is 2.03. The predicted molar refractivity (Wildman–Crippen MR) is 121 cm³/mol. The number of anilines is 1. The van der Waals surface area contributed by atoms with E-state index in [0.717, 1.165) is 57.4 Å². The molecule has 152 valence electrons. The maximum Gasteiger partial charge on any atom is 0.338 e. The molecule has 1 aliphatic rings. The van der Waals surface area contributed by atoms with Crippen molar-refractivity contribution in [1.82, 2.24) is 0 Å². The lowest BCUT2D eigenvalue weighted by atomic mass is 9.89. The van der Waals surface area contributed by atoms with E-state index in [4.69, 9.17) is 9.47 Å². The molecule has 30 heavy (non-hydrogen) atoms. The van der Waals surface area contributed by atoms with Gasteiger partial charge in [0.15, 0.2) is 0 Å². The summed E-state index contributed by atoms with van der Waals surface area (Å²) in [5.41, 5.74) is 4.36. The molecule has 4 rings (SSSR count). The fourth-order valence-electron chi connectivity index (χ4n) is 3.99. The molecule has 0 fully saturated rings. The van der Waals surface area contributed by atoms with Gasteiger partial charge in [-0.3, -0.25) is 0 Å². The van der Waals surface area contributed by atoms with Crippen LogP contribution in [0, 0.1) is 0 Å². The number of carbonyl (C=O) groups is 1. The van der Waals surface area contributed by atoms with Gasteiger partial charge in [0.25, 0.3) is 0 Å². The maximum absolute atomic E-state index is 12.5. The van der Waals surface area contributed by atoms with Crippen LogP contribution in [0.2, 0.25) is 0 Å². The molecule has 0 unspecified atom stereocenters. The van der Waals surface area contributed by atoms with Crippen LogP contribution < -0.4 is 20.1 Å². The zero-order chi connectivity index (χ0) is 21.3. The fourth-order valence-corrected chi connectivity index (χ4v) is 3.99. The van der Waals surface area contributed by atoms with Crippen LogP contribution >= 0.6 is 0 Å². The van der Waals surface area contributed by atoms with Gasteiger partial charge in [-0.25, -0.2) is 4.79 Å². The second-order valence-corrected chi connectivity index (χ2v) is 7.20. The first-order chi connectivity index (χ1) is 14.6. The van der Waals surface area contributed by atoms with Crippen LogP contribution in [0.25, 0.3) is 12.2 Å². The van der Waals surface area contributed by atoms with Crippen molar-refractivity contribution in [2.45, 2.75) is 13.8 Å². The van der Waals surface area contributed by atoms with Gasteiger partial charge in [0.1, 0.15) is 11.5 Å². The van der Waals surface area contributed by atoms with Crippen molar-refractivity contribution in [2.75, 3.05) is 25.1 Å². The molecule has 0 amide bonds. The van der Waals surface area contributed by atoms with Crippen LogP contribution in [0.1, 0.15) is 35.3 Å². The summed E-state index contributed by atoms with van der Waals surface area (Å²) in [7, 11) is 1.40.